The SMILES string of the molecule is CCOC(=O)N1CC2COCN(C)C2C1. The van der Waals surface area contributed by atoms with Crippen LogP contribution < -0.4 is 0 Å². The van der Waals surface area contributed by atoms with Gasteiger partial charge in [-0.05, 0) is 14.0 Å². The van der Waals surface area contributed by atoms with Crippen LogP contribution in [-0.2, 0) is 9.47 Å². The quantitative estimate of drug-likeness (QED) is 0.632. The fourth-order valence-electron chi connectivity index (χ4n) is 2.32. The minimum absolute atomic E-state index is 0.194. The van der Waals surface area contributed by atoms with E-state index in [1.165, 1.54) is 0 Å². The summed E-state index contributed by atoms with van der Waals surface area (Å²) in [6.45, 7) is 5.22. The van der Waals surface area contributed by atoms with Gasteiger partial charge in [-0.1, -0.05) is 0 Å². The molecule has 0 saturated carbocycles. The van der Waals surface area contributed by atoms with Crippen molar-refractivity contribution in [3.8, 4) is 0 Å². The summed E-state index contributed by atoms with van der Waals surface area (Å²) in [6, 6.07) is 0.433. The van der Waals surface area contributed by atoms with E-state index in [-0.39, 0.29) is 6.09 Å². The molecule has 1 amide bonds. The first-order chi connectivity index (χ1) is 7.22. The summed E-state index contributed by atoms with van der Waals surface area (Å²) in [5.41, 5.74) is 0. The van der Waals surface area contributed by atoms with Crippen molar-refractivity contribution in [2.45, 2.75) is 13.0 Å². The van der Waals surface area contributed by atoms with E-state index < -0.39 is 0 Å². The molecule has 5 nitrogen and oxygen atoms in total. The summed E-state index contributed by atoms with van der Waals surface area (Å²) in [7, 11) is 2.03. The maximum atomic E-state index is 11.5. The van der Waals surface area contributed by atoms with Crippen molar-refractivity contribution in [2.24, 2.45) is 5.92 Å². The molecule has 2 rings (SSSR count). The lowest BCUT2D eigenvalue weighted by Gasteiger charge is -2.33. The number of amides is 1. The number of fused-ring (bicyclic) bond motifs is 1. The molecule has 0 aromatic rings. The van der Waals surface area contributed by atoms with E-state index in [1.807, 2.05) is 14.0 Å². The maximum absolute atomic E-state index is 11.5. The summed E-state index contributed by atoms with van der Waals surface area (Å²) in [4.78, 5) is 15.5. The van der Waals surface area contributed by atoms with Gasteiger partial charge in [0.2, 0.25) is 0 Å². The van der Waals surface area contributed by atoms with Gasteiger partial charge in [0.1, 0.15) is 0 Å². The van der Waals surface area contributed by atoms with Gasteiger partial charge in [0, 0.05) is 25.0 Å². The molecule has 0 aromatic carbocycles. The number of hydrogen-bond acceptors (Lipinski definition) is 4. The highest BCUT2D eigenvalue weighted by atomic mass is 16.6. The standard InChI is InChI=1S/C10H18N2O3/c1-3-15-10(13)12-4-8-6-14-7-11(2)9(8)5-12/h8-9H,3-7H2,1-2H3. The highest BCUT2D eigenvalue weighted by Gasteiger charge is 2.40. The van der Waals surface area contributed by atoms with E-state index in [0.717, 1.165) is 19.7 Å². The molecule has 2 aliphatic heterocycles. The molecule has 15 heavy (non-hydrogen) atoms. The number of ether oxygens (including phenoxy) is 2. The number of likely N-dealkylation sites (tertiary alicyclic amines) is 1. The molecule has 2 atom stereocenters. The fourth-order valence-corrected chi connectivity index (χ4v) is 2.32. The smallest absolute Gasteiger partial charge is 0.409 e. The Labute approximate surface area is 89.9 Å². The predicted octanol–water partition coefficient (Wildman–Crippen LogP) is 0.363. The number of likely N-dealkylation sites (N-methyl/N-ethyl adjacent to an activating group) is 1. The maximum Gasteiger partial charge on any atom is 0.409 e. The van der Waals surface area contributed by atoms with Crippen LogP contribution in [0.2, 0.25) is 0 Å². The molecule has 0 aromatic heterocycles. The van der Waals surface area contributed by atoms with Crippen LogP contribution in [0.4, 0.5) is 4.79 Å². The van der Waals surface area contributed by atoms with E-state index in [4.69, 9.17) is 9.47 Å². The first kappa shape index (κ1) is 10.7. The van der Waals surface area contributed by atoms with Gasteiger partial charge in [-0.2, -0.15) is 0 Å². The van der Waals surface area contributed by atoms with Crippen molar-refractivity contribution < 1.29 is 14.3 Å². The second kappa shape index (κ2) is 4.37. The summed E-state index contributed by atoms with van der Waals surface area (Å²) in [5, 5.41) is 0. The lowest BCUT2D eigenvalue weighted by Crippen LogP contribution is -2.45. The molecule has 2 saturated heterocycles. The van der Waals surface area contributed by atoms with Crippen LogP contribution in [0.3, 0.4) is 0 Å². The summed E-state index contributed by atoms with van der Waals surface area (Å²) in [5.74, 6) is 0.438. The Bertz CT molecular complexity index is 247. The summed E-state index contributed by atoms with van der Waals surface area (Å²) in [6.07, 6.45) is -0.194. The number of carbonyl (C=O) groups is 1. The molecule has 0 radical (unpaired) electrons. The topological polar surface area (TPSA) is 42.0 Å². The second-order valence-corrected chi connectivity index (χ2v) is 4.19. The van der Waals surface area contributed by atoms with Gasteiger partial charge in [-0.15, -0.1) is 0 Å². The molecule has 2 unspecified atom stereocenters. The van der Waals surface area contributed by atoms with Gasteiger partial charge in [0.05, 0.1) is 19.9 Å². The molecule has 0 aliphatic carbocycles. The fraction of sp³-hybridized carbons (Fsp3) is 0.900. The summed E-state index contributed by atoms with van der Waals surface area (Å²) < 4.78 is 10.4. The van der Waals surface area contributed by atoms with Crippen LogP contribution in [0.1, 0.15) is 6.92 Å². The molecule has 2 fully saturated rings. The van der Waals surface area contributed by atoms with Gasteiger partial charge in [-0.25, -0.2) is 4.79 Å². The zero-order valence-corrected chi connectivity index (χ0v) is 9.31. The Kier molecular flexibility index (Phi) is 3.11. The zero-order chi connectivity index (χ0) is 10.8. The van der Waals surface area contributed by atoms with Crippen molar-refractivity contribution in [1.82, 2.24) is 9.80 Å². The second-order valence-electron chi connectivity index (χ2n) is 4.19. The highest BCUT2D eigenvalue weighted by molar-refractivity contribution is 5.68. The number of hydrogen-bond donors (Lipinski definition) is 0. The van der Waals surface area contributed by atoms with Crippen LogP contribution in [0.5, 0.6) is 0 Å². The molecule has 0 N–H and O–H groups in total. The van der Waals surface area contributed by atoms with Crippen molar-refractivity contribution in [1.29, 1.82) is 0 Å². The Morgan fingerprint density at radius 1 is 1.53 bits per heavy atom. The number of rotatable bonds is 1. The molecule has 5 heteroatoms. The Balaban J connectivity index is 1.94. The molecule has 86 valence electrons. The van der Waals surface area contributed by atoms with Gasteiger partial charge < -0.3 is 14.4 Å². The van der Waals surface area contributed by atoms with Gasteiger partial charge >= 0.3 is 6.09 Å². The van der Waals surface area contributed by atoms with Gasteiger partial charge in [0.25, 0.3) is 0 Å². The van der Waals surface area contributed by atoms with Gasteiger partial charge in [-0.3, -0.25) is 4.90 Å². The van der Waals surface area contributed by atoms with Crippen LogP contribution in [0.25, 0.3) is 0 Å². The van der Waals surface area contributed by atoms with Crippen molar-refractivity contribution in [3.05, 3.63) is 0 Å². The third-order valence-corrected chi connectivity index (χ3v) is 3.13. The van der Waals surface area contributed by atoms with Crippen molar-refractivity contribution in [3.63, 3.8) is 0 Å². The molecular weight excluding hydrogens is 196 g/mol. The predicted molar refractivity (Wildman–Crippen MR) is 54.5 cm³/mol. The lowest BCUT2D eigenvalue weighted by molar-refractivity contribution is -0.0532. The molecule has 0 spiro atoms. The Hall–Kier alpha value is -0.810. The molecule has 0 bridgehead atoms. The summed E-state index contributed by atoms with van der Waals surface area (Å²) >= 11 is 0. The third kappa shape index (κ3) is 2.08. The molecular formula is C10H18N2O3. The monoisotopic (exact) mass is 214 g/mol. The van der Waals surface area contributed by atoms with E-state index >= 15 is 0 Å². The Morgan fingerprint density at radius 2 is 2.33 bits per heavy atom. The van der Waals surface area contributed by atoms with Crippen LogP contribution in [-0.4, -0.2) is 62.0 Å². The minimum Gasteiger partial charge on any atom is -0.450 e. The first-order valence-electron chi connectivity index (χ1n) is 5.42. The molecule has 2 aliphatic rings. The normalized spacial score (nSPS) is 31.5. The van der Waals surface area contributed by atoms with E-state index in [2.05, 4.69) is 4.90 Å². The van der Waals surface area contributed by atoms with Crippen molar-refractivity contribution >= 4 is 6.09 Å². The lowest BCUT2D eigenvalue weighted by atomic mass is 10.0. The van der Waals surface area contributed by atoms with E-state index in [1.54, 1.807) is 4.90 Å². The largest absolute Gasteiger partial charge is 0.450 e. The van der Waals surface area contributed by atoms with Crippen LogP contribution in [0.15, 0.2) is 0 Å². The number of carbonyl (C=O) groups excluding carboxylic acids is 1. The number of nitrogens with zero attached hydrogens (tertiary/aromatic N) is 2. The van der Waals surface area contributed by atoms with Gasteiger partial charge in [0.15, 0.2) is 0 Å². The van der Waals surface area contributed by atoms with Crippen LogP contribution >= 0.6 is 0 Å². The van der Waals surface area contributed by atoms with Crippen LogP contribution in [0, 0.1) is 5.92 Å². The molecule has 2 heterocycles. The van der Waals surface area contributed by atoms with Crippen molar-refractivity contribution in [2.75, 3.05) is 40.1 Å². The zero-order valence-electron chi connectivity index (χ0n) is 9.31. The van der Waals surface area contributed by atoms with E-state index in [9.17, 15) is 4.79 Å². The highest BCUT2D eigenvalue weighted by Crippen LogP contribution is 2.25. The Morgan fingerprint density at radius 3 is 3.00 bits per heavy atom. The first-order valence-corrected chi connectivity index (χ1v) is 5.42. The average molecular weight is 214 g/mol. The third-order valence-electron chi connectivity index (χ3n) is 3.13. The average Bonchev–Trinajstić information content (AvgIpc) is 2.63. The minimum atomic E-state index is -0.194. The van der Waals surface area contributed by atoms with E-state index in [0.29, 0.717) is 25.3 Å².